The van der Waals surface area contributed by atoms with Gasteiger partial charge in [-0.2, -0.15) is 0 Å². The molecule has 33 heavy (non-hydrogen) atoms. The van der Waals surface area contributed by atoms with Crippen LogP contribution in [0, 0.1) is 35.1 Å². The molecule has 4 aromatic carbocycles. The standard InChI is InChI=1S/C28H20F4O/c1-33-14-2-3-19-8-12-23(25(29)16-19)21-10-6-18(7-11-21)4-5-20-9-13-24-22(15-20)17-26(30)28(32)27(24)31/h6-13,15-17H,2-3,14H2,1H3. The van der Waals surface area contributed by atoms with E-state index < -0.39 is 17.5 Å². The number of hydrogen-bond donors (Lipinski definition) is 0. The van der Waals surface area contributed by atoms with Crippen LogP contribution in [-0.4, -0.2) is 13.7 Å². The van der Waals surface area contributed by atoms with Crippen molar-refractivity contribution in [1.82, 2.24) is 0 Å². The van der Waals surface area contributed by atoms with Gasteiger partial charge in [0.05, 0.1) is 0 Å². The van der Waals surface area contributed by atoms with Crippen molar-refractivity contribution in [2.45, 2.75) is 12.8 Å². The van der Waals surface area contributed by atoms with Gasteiger partial charge in [-0.15, -0.1) is 0 Å². The van der Waals surface area contributed by atoms with Gasteiger partial charge in [0.15, 0.2) is 17.5 Å². The van der Waals surface area contributed by atoms with Gasteiger partial charge in [-0.25, -0.2) is 17.6 Å². The second-order valence-corrected chi connectivity index (χ2v) is 7.66. The summed E-state index contributed by atoms with van der Waals surface area (Å²) in [6.07, 6.45) is 1.59. The predicted octanol–water partition coefficient (Wildman–Crippen LogP) is 7.04. The first kappa shape index (κ1) is 22.6. The van der Waals surface area contributed by atoms with E-state index in [-0.39, 0.29) is 16.6 Å². The molecule has 0 atom stereocenters. The topological polar surface area (TPSA) is 9.23 Å². The molecule has 0 unspecified atom stereocenters. The van der Waals surface area contributed by atoms with E-state index in [1.165, 1.54) is 12.1 Å². The number of benzene rings is 4. The van der Waals surface area contributed by atoms with Gasteiger partial charge < -0.3 is 4.74 Å². The first-order valence-electron chi connectivity index (χ1n) is 10.4. The number of hydrogen-bond acceptors (Lipinski definition) is 1. The molecule has 0 saturated heterocycles. The van der Waals surface area contributed by atoms with E-state index >= 15 is 0 Å². The van der Waals surface area contributed by atoms with Crippen molar-refractivity contribution in [3.8, 4) is 23.0 Å². The summed E-state index contributed by atoms with van der Waals surface area (Å²) in [4.78, 5) is 0. The first-order chi connectivity index (χ1) is 16.0. The zero-order valence-corrected chi connectivity index (χ0v) is 17.9. The molecular formula is C28H20F4O. The molecule has 0 N–H and O–H groups in total. The van der Waals surface area contributed by atoms with Gasteiger partial charge in [-0.1, -0.05) is 42.2 Å². The lowest BCUT2D eigenvalue weighted by molar-refractivity contribution is 0.195. The molecule has 0 aliphatic carbocycles. The van der Waals surface area contributed by atoms with Crippen LogP contribution < -0.4 is 0 Å². The third-order valence-electron chi connectivity index (χ3n) is 5.37. The Bertz CT molecular complexity index is 1370. The maximum atomic E-state index is 14.6. The minimum atomic E-state index is -1.49. The van der Waals surface area contributed by atoms with E-state index in [4.69, 9.17) is 4.74 Å². The molecule has 5 heteroatoms. The Balaban J connectivity index is 1.53. The van der Waals surface area contributed by atoms with Crippen LogP contribution in [0.4, 0.5) is 17.6 Å². The fourth-order valence-electron chi connectivity index (χ4n) is 3.63. The van der Waals surface area contributed by atoms with Crippen molar-refractivity contribution < 1.29 is 22.3 Å². The van der Waals surface area contributed by atoms with Gasteiger partial charge in [0, 0.05) is 35.8 Å². The first-order valence-corrected chi connectivity index (χ1v) is 10.4. The van der Waals surface area contributed by atoms with Crippen molar-refractivity contribution in [3.05, 3.63) is 107 Å². The molecule has 0 aliphatic rings. The Kier molecular flexibility index (Phi) is 6.76. The Morgan fingerprint density at radius 3 is 2.18 bits per heavy atom. The highest BCUT2D eigenvalue weighted by molar-refractivity contribution is 5.84. The second kappa shape index (κ2) is 9.89. The van der Waals surface area contributed by atoms with E-state index in [0.29, 0.717) is 23.3 Å². The molecule has 0 fully saturated rings. The van der Waals surface area contributed by atoms with Crippen molar-refractivity contribution in [3.63, 3.8) is 0 Å². The average Bonchev–Trinajstić information content (AvgIpc) is 2.82. The van der Waals surface area contributed by atoms with E-state index in [1.807, 2.05) is 6.07 Å². The average molecular weight is 448 g/mol. The summed E-state index contributed by atoms with van der Waals surface area (Å²) in [5.41, 5.74) is 3.41. The van der Waals surface area contributed by atoms with Crippen LogP contribution in [0.2, 0.25) is 0 Å². The van der Waals surface area contributed by atoms with Gasteiger partial charge in [0.25, 0.3) is 0 Å². The third-order valence-corrected chi connectivity index (χ3v) is 5.37. The van der Waals surface area contributed by atoms with E-state index in [9.17, 15) is 17.6 Å². The summed E-state index contributed by atoms with van der Waals surface area (Å²) in [6, 6.07) is 17.8. The number of methoxy groups -OCH3 is 1. The zero-order valence-electron chi connectivity index (χ0n) is 17.9. The lowest BCUT2D eigenvalue weighted by Gasteiger charge is -2.07. The number of ether oxygens (including phenoxy) is 1. The monoisotopic (exact) mass is 448 g/mol. The molecule has 0 amide bonds. The molecule has 0 spiro atoms. The van der Waals surface area contributed by atoms with Gasteiger partial charge in [0.2, 0.25) is 0 Å². The normalized spacial score (nSPS) is 10.8. The molecule has 166 valence electrons. The SMILES string of the molecule is COCCCc1ccc(-c2ccc(C#Cc3ccc4c(F)c(F)c(F)cc4c3)cc2)c(F)c1. The number of rotatable bonds is 5. The Labute approximate surface area is 189 Å². The number of aryl methyl sites for hydroxylation is 1. The fourth-order valence-corrected chi connectivity index (χ4v) is 3.63. The van der Waals surface area contributed by atoms with Crippen molar-refractivity contribution in [2.24, 2.45) is 0 Å². The minimum absolute atomic E-state index is 0.00412. The molecule has 4 aromatic rings. The summed E-state index contributed by atoms with van der Waals surface area (Å²) in [5.74, 6) is 1.69. The van der Waals surface area contributed by atoms with Crippen LogP contribution >= 0.6 is 0 Å². The predicted molar refractivity (Wildman–Crippen MR) is 122 cm³/mol. The molecule has 0 heterocycles. The molecule has 0 aromatic heterocycles. The van der Waals surface area contributed by atoms with Gasteiger partial charge in [0.1, 0.15) is 5.82 Å². The van der Waals surface area contributed by atoms with E-state index in [0.717, 1.165) is 30.0 Å². The highest BCUT2D eigenvalue weighted by Gasteiger charge is 2.13. The Morgan fingerprint density at radius 2 is 1.45 bits per heavy atom. The van der Waals surface area contributed by atoms with E-state index in [1.54, 1.807) is 49.6 Å². The van der Waals surface area contributed by atoms with Crippen molar-refractivity contribution >= 4 is 10.8 Å². The second-order valence-electron chi connectivity index (χ2n) is 7.66. The molecule has 0 saturated carbocycles. The number of fused-ring (bicyclic) bond motifs is 1. The highest BCUT2D eigenvalue weighted by Crippen LogP contribution is 2.25. The zero-order chi connectivity index (χ0) is 23.4. The molecule has 0 radical (unpaired) electrons. The van der Waals surface area contributed by atoms with Crippen LogP contribution in [0.3, 0.4) is 0 Å². The maximum Gasteiger partial charge on any atom is 0.195 e. The van der Waals surface area contributed by atoms with Crippen LogP contribution in [0.1, 0.15) is 23.1 Å². The summed E-state index contributed by atoms with van der Waals surface area (Å²) in [7, 11) is 1.64. The lowest BCUT2D eigenvalue weighted by Crippen LogP contribution is -1.94. The molecule has 0 bridgehead atoms. The maximum absolute atomic E-state index is 14.6. The molecule has 0 aliphatic heterocycles. The minimum Gasteiger partial charge on any atom is -0.385 e. The van der Waals surface area contributed by atoms with E-state index in [2.05, 4.69) is 11.8 Å². The quantitative estimate of drug-likeness (QED) is 0.138. The number of halogens is 4. The summed E-state index contributed by atoms with van der Waals surface area (Å²) in [6.45, 7) is 0.636. The summed E-state index contributed by atoms with van der Waals surface area (Å²) in [5, 5.41) is 0.227. The van der Waals surface area contributed by atoms with Gasteiger partial charge in [-0.05, 0) is 65.8 Å². The lowest BCUT2D eigenvalue weighted by atomic mass is 10.00. The Hall–Kier alpha value is -3.62. The summed E-state index contributed by atoms with van der Waals surface area (Å²) < 4.78 is 60.4. The molecule has 4 rings (SSSR count). The smallest absolute Gasteiger partial charge is 0.195 e. The van der Waals surface area contributed by atoms with Crippen molar-refractivity contribution in [2.75, 3.05) is 13.7 Å². The van der Waals surface area contributed by atoms with Crippen molar-refractivity contribution in [1.29, 1.82) is 0 Å². The Morgan fingerprint density at radius 1 is 0.727 bits per heavy atom. The van der Waals surface area contributed by atoms with Gasteiger partial charge in [-0.3, -0.25) is 0 Å². The molecule has 1 nitrogen and oxygen atoms in total. The van der Waals surface area contributed by atoms with Crippen LogP contribution in [0.25, 0.3) is 21.9 Å². The van der Waals surface area contributed by atoms with Gasteiger partial charge >= 0.3 is 0 Å². The fraction of sp³-hybridized carbons (Fsp3) is 0.143. The van der Waals surface area contributed by atoms with Crippen LogP contribution in [-0.2, 0) is 11.2 Å². The molecular weight excluding hydrogens is 428 g/mol. The largest absolute Gasteiger partial charge is 0.385 e. The van der Waals surface area contributed by atoms with Crippen LogP contribution in [0.15, 0.2) is 66.7 Å². The highest BCUT2D eigenvalue weighted by atomic mass is 19.2. The third kappa shape index (κ3) is 5.08. The van der Waals surface area contributed by atoms with Crippen LogP contribution in [0.5, 0.6) is 0 Å². The summed E-state index contributed by atoms with van der Waals surface area (Å²) >= 11 is 0.